The third kappa shape index (κ3) is 10.5. The SMILES string of the molecule is CC(=CCCO[Si](C)(C)C)C(=O)[O-].[Na+]. The molecule has 3 nitrogen and oxygen atoms in total. The summed E-state index contributed by atoms with van der Waals surface area (Å²) in [7, 11) is -1.45. The molecule has 0 saturated heterocycles. The Bertz CT molecular complexity index is 209. The normalized spacial score (nSPS) is 12.1. The molecule has 0 aromatic rings. The van der Waals surface area contributed by atoms with Crippen LogP contribution in [0.1, 0.15) is 13.3 Å². The van der Waals surface area contributed by atoms with E-state index in [1.54, 1.807) is 6.08 Å². The summed E-state index contributed by atoms with van der Waals surface area (Å²) >= 11 is 0. The van der Waals surface area contributed by atoms with Crippen LogP contribution in [0.2, 0.25) is 19.6 Å². The second-order valence-corrected chi connectivity index (χ2v) is 8.44. The molecule has 0 heterocycles. The van der Waals surface area contributed by atoms with Gasteiger partial charge >= 0.3 is 29.6 Å². The van der Waals surface area contributed by atoms with Crippen molar-refractivity contribution < 1.29 is 43.9 Å². The van der Waals surface area contributed by atoms with Crippen molar-refractivity contribution in [3.05, 3.63) is 11.6 Å². The van der Waals surface area contributed by atoms with E-state index in [1.165, 1.54) is 6.92 Å². The molecule has 0 aromatic carbocycles. The van der Waals surface area contributed by atoms with E-state index >= 15 is 0 Å². The van der Waals surface area contributed by atoms with E-state index < -0.39 is 14.3 Å². The predicted octanol–water partition coefficient (Wildman–Crippen LogP) is -2.07. The van der Waals surface area contributed by atoms with Crippen LogP contribution >= 0.6 is 0 Å². The molecule has 0 fully saturated rings. The van der Waals surface area contributed by atoms with Crippen molar-refractivity contribution in [3.63, 3.8) is 0 Å². The fraction of sp³-hybridized carbons (Fsp3) is 0.667. The Labute approximate surface area is 109 Å². The molecular weight excluding hydrogens is 207 g/mol. The molecule has 14 heavy (non-hydrogen) atoms. The van der Waals surface area contributed by atoms with Gasteiger partial charge in [0.25, 0.3) is 0 Å². The molecule has 5 heteroatoms. The zero-order valence-corrected chi connectivity index (χ0v) is 12.7. The van der Waals surface area contributed by atoms with Crippen molar-refractivity contribution >= 4 is 14.3 Å². The van der Waals surface area contributed by atoms with Gasteiger partial charge in [0.15, 0.2) is 8.32 Å². The maximum Gasteiger partial charge on any atom is 1.00 e. The summed E-state index contributed by atoms with van der Waals surface area (Å²) in [6.07, 6.45) is 2.28. The topological polar surface area (TPSA) is 49.4 Å². The largest absolute Gasteiger partial charge is 1.00 e. The Morgan fingerprint density at radius 3 is 2.29 bits per heavy atom. The first-order chi connectivity index (χ1) is 5.83. The number of rotatable bonds is 5. The van der Waals surface area contributed by atoms with Crippen LogP contribution in [0.15, 0.2) is 11.6 Å². The van der Waals surface area contributed by atoms with Crippen molar-refractivity contribution in [3.8, 4) is 0 Å². The van der Waals surface area contributed by atoms with Gasteiger partial charge in [-0.15, -0.1) is 0 Å². The quantitative estimate of drug-likeness (QED) is 0.306. The smallest absolute Gasteiger partial charge is 0.545 e. The molecule has 0 saturated carbocycles. The molecule has 0 N–H and O–H groups in total. The van der Waals surface area contributed by atoms with Crippen LogP contribution in [0.4, 0.5) is 0 Å². The first-order valence-corrected chi connectivity index (χ1v) is 7.76. The number of carbonyl (C=O) groups is 1. The van der Waals surface area contributed by atoms with Gasteiger partial charge in [-0.25, -0.2) is 0 Å². The maximum atomic E-state index is 10.3. The van der Waals surface area contributed by atoms with Crippen molar-refractivity contribution in [1.82, 2.24) is 0 Å². The molecule has 0 aliphatic carbocycles. The second kappa shape index (κ2) is 7.65. The summed E-state index contributed by atoms with van der Waals surface area (Å²) in [4.78, 5) is 10.3. The number of carbonyl (C=O) groups excluding carboxylic acids is 1. The molecule has 0 spiro atoms. The molecule has 0 rings (SSSR count). The molecule has 0 bridgehead atoms. The first kappa shape index (κ1) is 16.8. The summed E-state index contributed by atoms with van der Waals surface area (Å²) < 4.78 is 5.54. The number of carboxylic acid groups (broad SMARTS) is 1. The van der Waals surface area contributed by atoms with E-state index in [-0.39, 0.29) is 35.1 Å². The van der Waals surface area contributed by atoms with Crippen LogP contribution in [0.5, 0.6) is 0 Å². The Balaban J connectivity index is 0. The summed E-state index contributed by atoms with van der Waals surface area (Å²) in [5.74, 6) is -1.10. The van der Waals surface area contributed by atoms with E-state index in [4.69, 9.17) is 4.43 Å². The third-order valence-electron chi connectivity index (χ3n) is 1.43. The molecule has 0 unspecified atom stereocenters. The summed E-state index contributed by atoms with van der Waals surface area (Å²) in [5, 5.41) is 10.3. The van der Waals surface area contributed by atoms with Crippen LogP contribution in [0.3, 0.4) is 0 Å². The van der Waals surface area contributed by atoms with Gasteiger partial charge in [-0.05, 0) is 38.6 Å². The molecule has 0 radical (unpaired) electrons. The molecule has 76 valence electrons. The van der Waals surface area contributed by atoms with Gasteiger partial charge in [-0.2, -0.15) is 0 Å². The van der Waals surface area contributed by atoms with Gasteiger partial charge in [-0.1, -0.05) is 6.08 Å². The minimum Gasteiger partial charge on any atom is -0.545 e. The Hall–Kier alpha value is 0.387. The number of carboxylic acids is 1. The van der Waals surface area contributed by atoms with Crippen LogP contribution in [-0.4, -0.2) is 20.9 Å². The summed E-state index contributed by atoms with van der Waals surface area (Å²) in [6.45, 7) is 8.43. The standard InChI is InChI=1S/C9H18O3Si.Na/c1-8(9(10)11)6-5-7-12-13(2,3)4;/h6H,5,7H2,1-4H3,(H,10,11);/q;+1/p-1. The first-order valence-electron chi connectivity index (χ1n) is 4.35. The molecule has 0 aliphatic rings. The van der Waals surface area contributed by atoms with Crippen LogP contribution in [-0.2, 0) is 9.22 Å². The maximum absolute atomic E-state index is 10.3. The van der Waals surface area contributed by atoms with E-state index in [0.717, 1.165) is 0 Å². The minimum atomic E-state index is -1.45. The molecular formula is C9H17NaO3Si. The minimum absolute atomic E-state index is 0. The number of hydrogen-bond acceptors (Lipinski definition) is 3. The average molecular weight is 224 g/mol. The molecule has 0 aromatic heterocycles. The number of hydrogen-bond donors (Lipinski definition) is 0. The summed E-state index contributed by atoms with van der Waals surface area (Å²) in [5.41, 5.74) is 0.277. The zero-order valence-electron chi connectivity index (χ0n) is 9.72. The fourth-order valence-corrected chi connectivity index (χ4v) is 1.45. The van der Waals surface area contributed by atoms with Crippen molar-refractivity contribution in [2.24, 2.45) is 0 Å². The van der Waals surface area contributed by atoms with E-state index in [9.17, 15) is 9.90 Å². The van der Waals surface area contributed by atoms with Crippen molar-refractivity contribution in [1.29, 1.82) is 0 Å². The van der Waals surface area contributed by atoms with Crippen LogP contribution in [0.25, 0.3) is 0 Å². The van der Waals surface area contributed by atoms with Crippen molar-refractivity contribution in [2.45, 2.75) is 33.0 Å². The van der Waals surface area contributed by atoms with E-state index in [2.05, 4.69) is 19.6 Å². The van der Waals surface area contributed by atoms with E-state index in [0.29, 0.717) is 13.0 Å². The molecule has 0 aliphatic heterocycles. The van der Waals surface area contributed by atoms with Gasteiger partial charge in [0.1, 0.15) is 0 Å². The fourth-order valence-electron chi connectivity index (χ4n) is 0.724. The van der Waals surface area contributed by atoms with Crippen LogP contribution < -0.4 is 34.7 Å². The van der Waals surface area contributed by atoms with Gasteiger partial charge in [0, 0.05) is 6.61 Å². The third-order valence-corrected chi connectivity index (χ3v) is 2.50. The Kier molecular flexibility index (Phi) is 9.18. The van der Waals surface area contributed by atoms with Gasteiger partial charge in [0.05, 0.1) is 5.97 Å². The molecule has 0 atom stereocenters. The van der Waals surface area contributed by atoms with Gasteiger partial charge < -0.3 is 14.3 Å². The average Bonchev–Trinajstić information content (AvgIpc) is 1.95. The van der Waals surface area contributed by atoms with E-state index in [1.807, 2.05) is 0 Å². The van der Waals surface area contributed by atoms with Crippen LogP contribution in [0, 0.1) is 0 Å². The van der Waals surface area contributed by atoms with Crippen molar-refractivity contribution in [2.75, 3.05) is 6.61 Å². The van der Waals surface area contributed by atoms with Gasteiger partial charge in [-0.3, -0.25) is 0 Å². The second-order valence-electron chi connectivity index (χ2n) is 3.92. The predicted molar refractivity (Wildman–Crippen MR) is 52.7 cm³/mol. The monoisotopic (exact) mass is 224 g/mol. The van der Waals surface area contributed by atoms with Gasteiger partial charge in [0.2, 0.25) is 0 Å². The number of aliphatic carboxylic acids is 1. The summed E-state index contributed by atoms with van der Waals surface area (Å²) in [6, 6.07) is 0. The zero-order chi connectivity index (χ0) is 10.5. The Morgan fingerprint density at radius 1 is 1.43 bits per heavy atom. The Morgan fingerprint density at radius 2 is 1.93 bits per heavy atom. The molecule has 0 amide bonds.